The molecule has 0 aliphatic carbocycles. The highest BCUT2D eigenvalue weighted by Gasteiger charge is 2.47. The molecule has 7 nitrogen and oxygen atoms in total. The van der Waals surface area contributed by atoms with Crippen LogP contribution in [0.4, 0.5) is 5.69 Å². The fraction of sp³-hybridized carbons (Fsp3) is 0.267. The maximum Gasteiger partial charge on any atom is 0.300 e. The highest BCUT2D eigenvalue weighted by Crippen LogP contribution is 2.43. The molecule has 0 bridgehead atoms. The van der Waals surface area contributed by atoms with Crippen LogP contribution in [0.1, 0.15) is 36.6 Å². The van der Waals surface area contributed by atoms with Crippen LogP contribution < -0.4 is 19.1 Å². The van der Waals surface area contributed by atoms with Gasteiger partial charge >= 0.3 is 0 Å². The number of ketones is 1. The molecule has 1 aliphatic rings. The third-order valence-electron chi connectivity index (χ3n) is 6.19. The van der Waals surface area contributed by atoms with E-state index < -0.39 is 17.7 Å². The zero-order valence-corrected chi connectivity index (χ0v) is 21.6. The summed E-state index contributed by atoms with van der Waals surface area (Å²) in [4.78, 5) is 28.2. The van der Waals surface area contributed by atoms with E-state index in [4.69, 9.17) is 14.2 Å². The van der Waals surface area contributed by atoms with Crippen molar-refractivity contribution < 1.29 is 28.9 Å². The molecule has 4 rings (SSSR count). The van der Waals surface area contributed by atoms with Crippen LogP contribution in [0.15, 0.2) is 72.3 Å². The van der Waals surface area contributed by atoms with Gasteiger partial charge in [-0.3, -0.25) is 14.5 Å². The van der Waals surface area contributed by atoms with Gasteiger partial charge in [0.05, 0.1) is 32.4 Å². The van der Waals surface area contributed by atoms with Crippen LogP contribution in [0.2, 0.25) is 0 Å². The van der Waals surface area contributed by atoms with E-state index in [1.54, 1.807) is 30.3 Å². The van der Waals surface area contributed by atoms with E-state index in [9.17, 15) is 14.7 Å². The molecule has 7 heteroatoms. The minimum absolute atomic E-state index is 0.00589. The van der Waals surface area contributed by atoms with Crippen molar-refractivity contribution in [1.29, 1.82) is 0 Å². The van der Waals surface area contributed by atoms with E-state index in [1.165, 1.54) is 19.1 Å². The van der Waals surface area contributed by atoms with Gasteiger partial charge in [-0.1, -0.05) is 43.7 Å². The topological polar surface area (TPSA) is 85.3 Å². The summed E-state index contributed by atoms with van der Waals surface area (Å²) in [6, 6.07) is 18.6. The van der Waals surface area contributed by atoms with Crippen LogP contribution >= 0.6 is 0 Å². The first-order valence-corrected chi connectivity index (χ1v) is 12.1. The van der Waals surface area contributed by atoms with Gasteiger partial charge in [0.15, 0.2) is 11.5 Å². The van der Waals surface area contributed by atoms with Crippen LogP contribution in [-0.2, 0) is 9.59 Å². The number of aliphatic hydroxyl groups excluding tert-OH is 1. The molecule has 1 aliphatic heterocycles. The fourth-order valence-electron chi connectivity index (χ4n) is 4.27. The molecule has 37 heavy (non-hydrogen) atoms. The Morgan fingerprint density at radius 2 is 1.57 bits per heavy atom. The minimum atomic E-state index is -0.838. The lowest BCUT2D eigenvalue weighted by atomic mass is 9.95. The van der Waals surface area contributed by atoms with Gasteiger partial charge in [0, 0.05) is 11.3 Å². The lowest BCUT2D eigenvalue weighted by Crippen LogP contribution is -2.29. The maximum atomic E-state index is 13.4. The molecular formula is C30H31NO6. The Labute approximate surface area is 216 Å². The van der Waals surface area contributed by atoms with Crippen molar-refractivity contribution in [3.63, 3.8) is 0 Å². The van der Waals surface area contributed by atoms with Crippen molar-refractivity contribution in [1.82, 2.24) is 0 Å². The normalized spacial score (nSPS) is 16.8. The Morgan fingerprint density at radius 1 is 0.919 bits per heavy atom. The molecule has 0 spiro atoms. The number of anilines is 1. The number of carbonyl (C=O) groups excluding carboxylic acids is 2. The summed E-state index contributed by atoms with van der Waals surface area (Å²) in [5.74, 6) is 0.155. The molecule has 0 saturated carbocycles. The summed E-state index contributed by atoms with van der Waals surface area (Å²) >= 11 is 0. The smallest absolute Gasteiger partial charge is 0.300 e. The number of hydrogen-bond donors (Lipinski definition) is 1. The van der Waals surface area contributed by atoms with Crippen molar-refractivity contribution in [2.24, 2.45) is 5.92 Å². The molecule has 1 atom stereocenters. The van der Waals surface area contributed by atoms with Crippen LogP contribution in [0, 0.1) is 12.8 Å². The number of Topliss-reactive ketones (excluding diaryl/α,β-unsaturated/α-hetero) is 1. The molecule has 1 amide bonds. The molecule has 0 radical (unpaired) electrons. The summed E-state index contributed by atoms with van der Waals surface area (Å²) in [7, 11) is 3.00. The number of amides is 1. The predicted molar refractivity (Wildman–Crippen MR) is 142 cm³/mol. The second kappa shape index (κ2) is 10.8. The number of aryl methyl sites for hydroxylation is 1. The molecule has 0 aromatic heterocycles. The first-order chi connectivity index (χ1) is 17.7. The summed E-state index contributed by atoms with van der Waals surface area (Å²) in [6.07, 6.45) is 0. The molecule has 3 aromatic rings. The Morgan fingerprint density at radius 3 is 2.16 bits per heavy atom. The summed E-state index contributed by atoms with van der Waals surface area (Å²) < 4.78 is 16.5. The number of rotatable bonds is 8. The van der Waals surface area contributed by atoms with Gasteiger partial charge < -0.3 is 19.3 Å². The van der Waals surface area contributed by atoms with Gasteiger partial charge in [-0.25, -0.2) is 0 Å². The Bertz CT molecular complexity index is 1330. The zero-order chi connectivity index (χ0) is 26.7. The van der Waals surface area contributed by atoms with Crippen molar-refractivity contribution >= 4 is 23.1 Å². The number of hydrogen-bond acceptors (Lipinski definition) is 6. The van der Waals surface area contributed by atoms with Crippen LogP contribution in [0.5, 0.6) is 17.2 Å². The molecular weight excluding hydrogens is 470 g/mol. The summed E-state index contributed by atoms with van der Waals surface area (Å²) in [5, 5.41) is 11.4. The fourth-order valence-corrected chi connectivity index (χ4v) is 4.27. The van der Waals surface area contributed by atoms with Crippen molar-refractivity contribution in [2.75, 3.05) is 25.7 Å². The van der Waals surface area contributed by atoms with E-state index in [1.807, 2.05) is 43.3 Å². The van der Waals surface area contributed by atoms with E-state index in [2.05, 4.69) is 13.8 Å². The summed E-state index contributed by atoms with van der Waals surface area (Å²) in [6.45, 7) is 6.65. The van der Waals surface area contributed by atoms with Gasteiger partial charge in [-0.05, 0) is 60.9 Å². The maximum absolute atomic E-state index is 13.4. The number of benzene rings is 3. The van der Waals surface area contributed by atoms with Crippen molar-refractivity contribution in [3.05, 3.63) is 89.0 Å². The van der Waals surface area contributed by atoms with Crippen molar-refractivity contribution in [3.8, 4) is 17.2 Å². The lowest BCUT2D eigenvalue weighted by Gasteiger charge is -2.26. The minimum Gasteiger partial charge on any atom is -0.507 e. The molecule has 1 heterocycles. The molecule has 1 fully saturated rings. The quantitative estimate of drug-likeness (QED) is 0.243. The Hall–Kier alpha value is -4.26. The van der Waals surface area contributed by atoms with Crippen LogP contribution in [0.3, 0.4) is 0 Å². The SMILES string of the molecule is COc1ccc(/C(O)=C2/C(=O)C(=O)N(c3ccc(C)cc3)C2c2ccc(OCC(C)C)cc2)cc1OC. The Balaban J connectivity index is 1.86. The number of nitrogens with zero attached hydrogens (tertiary/aromatic N) is 1. The van der Waals surface area contributed by atoms with Crippen LogP contribution in [0.25, 0.3) is 5.76 Å². The highest BCUT2D eigenvalue weighted by molar-refractivity contribution is 6.51. The third-order valence-corrected chi connectivity index (χ3v) is 6.19. The second-order valence-corrected chi connectivity index (χ2v) is 9.35. The molecule has 3 aromatic carbocycles. The largest absolute Gasteiger partial charge is 0.507 e. The molecule has 1 unspecified atom stereocenters. The molecule has 1 N–H and O–H groups in total. The number of methoxy groups -OCH3 is 2. The van der Waals surface area contributed by atoms with E-state index in [-0.39, 0.29) is 11.3 Å². The van der Waals surface area contributed by atoms with E-state index >= 15 is 0 Å². The first-order valence-electron chi connectivity index (χ1n) is 12.1. The van der Waals surface area contributed by atoms with Gasteiger partial charge in [0.2, 0.25) is 0 Å². The standard InChI is InChI=1S/C30H31NO6/c1-18(2)17-37-23-13-8-20(9-14-23)27-26(28(32)21-10-15-24(35-4)25(16-21)36-5)29(33)30(34)31(27)22-11-6-19(3)7-12-22/h6-16,18,27,32H,17H2,1-5H3/b28-26-. The van der Waals surface area contributed by atoms with Gasteiger partial charge in [-0.2, -0.15) is 0 Å². The summed E-state index contributed by atoms with van der Waals surface area (Å²) in [5.41, 5.74) is 2.58. The van der Waals surface area contributed by atoms with E-state index in [0.717, 1.165) is 5.56 Å². The highest BCUT2D eigenvalue weighted by atomic mass is 16.5. The van der Waals surface area contributed by atoms with Gasteiger partial charge in [0.25, 0.3) is 11.7 Å². The van der Waals surface area contributed by atoms with Gasteiger partial charge in [-0.15, -0.1) is 0 Å². The average Bonchev–Trinajstić information content (AvgIpc) is 3.17. The number of aliphatic hydroxyl groups is 1. The van der Waals surface area contributed by atoms with Crippen molar-refractivity contribution in [2.45, 2.75) is 26.8 Å². The second-order valence-electron chi connectivity index (χ2n) is 9.35. The Kier molecular flexibility index (Phi) is 7.53. The zero-order valence-electron chi connectivity index (χ0n) is 21.6. The third kappa shape index (κ3) is 5.16. The monoisotopic (exact) mass is 501 g/mol. The lowest BCUT2D eigenvalue weighted by molar-refractivity contribution is -0.132. The van der Waals surface area contributed by atoms with Crippen LogP contribution in [-0.4, -0.2) is 37.6 Å². The number of carbonyl (C=O) groups is 2. The predicted octanol–water partition coefficient (Wildman–Crippen LogP) is 5.67. The molecule has 1 saturated heterocycles. The average molecular weight is 502 g/mol. The molecule has 192 valence electrons. The van der Waals surface area contributed by atoms with E-state index in [0.29, 0.717) is 46.6 Å². The van der Waals surface area contributed by atoms with Gasteiger partial charge in [0.1, 0.15) is 11.5 Å². The number of ether oxygens (including phenoxy) is 3. The first kappa shape index (κ1) is 25.8.